The highest BCUT2D eigenvalue weighted by Crippen LogP contribution is 2.45. The van der Waals surface area contributed by atoms with Crippen LogP contribution in [0.4, 0.5) is 0 Å². The smallest absolute Gasteiger partial charge is 0.224 e. The molecule has 0 unspecified atom stereocenters. The fourth-order valence-corrected chi connectivity index (χ4v) is 5.11. The largest absolute Gasteiger partial charge is 0.323 e. The number of hydrogen-bond acceptors (Lipinski definition) is 2. The van der Waals surface area contributed by atoms with Crippen LogP contribution in [0.15, 0.2) is 0 Å². The van der Waals surface area contributed by atoms with Gasteiger partial charge in [-0.15, -0.1) is 0 Å². The average Bonchev–Trinajstić information content (AvgIpc) is 2.41. The first-order valence-corrected chi connectivity index (χ1v) is 7.90. The zero-order valence-corrected chi connectivity index (χ0v) is 11.2. The molecule has 0 aromatic heterocycles. The first kappa shape index (κ1) is 11.3. The van der Waals surface area contributed by atoms with Gasteiger partial charge in [0.05, 0.1) is 6.17 Å². The van der Waals surface area contributed by atoms with Crippen molar-refractivity contribution in [3.63, 3.8) is 0 Å². The highest BCUT2D eigenvalue weighted by atomic mass is 16.2. The number of piperidine rings is 2. The van der Waals surface area contributed by atoms with Crippen LogP contribution in [0.25, 0.3) is 0 Å². The molecule has 0 aromatic rings. The van der Waals surface area contributed by atoms with E-state index in [1.807, 2.05) is 0 Å². The van der Waals surface area contributed by atoms with Gasteiger partial charge < -0.3 is 4.90 Å². The van der Waals surface area contributed by atoms with Crippen LogP contribution in [0.2, 0.25) is 0 Å². The van der Waals surface area contributed by atoms with Crippen molar-refractivity contribution < 1.29 is 4.79 Å². The second-order valence-electron chi connectivity index (χ2n) is 6.75. The monoisotopic (exact) mass is 248 g/mol. The van der Waals surface area contributed by atoms with Gasteiger partial charge in [0, 0.05) is 25.6 Å². The number of nitrogens with zero attached hydrogens (tertiary/aromatic N) is 2. The molecule has 4 rings (SSSR count). The van der Waals surface area contributed by atoms with Gasteiger partial charge in [-0.25, -0.2) is 0 Å². The summed E-state index contributed by atoms with van der Waals surface area (Å²) < 4.78 is 0. The predicted molar refractivity (Wildman–Crippen MR) is 69.9 cm³/mol. The standard InChI is InChI=1S/C15H24N2O/c18-14-8-7-11-4-3-5-12-10-16-9-2-1-6-13(16)17(14)15(11)12/h11-13,15H,1-10H2/t11-,12-,13-,15+/m0/s1. The predicted octanol–water partition coefficient (Wildman–Crippen LogP) is 2.22. The minimum atomic E-state index is 0.458. The maximum absolute atomic E-state index is 12.4. The quantitative estimate of drug-likeness (QED) is 0.656. The molecule has 3 nitrogen and oxygen atoms in total. The summed E-state index contributed by atoms with van der Waals surface area (Å²) >= 11 is 0. The summed E-state index contributed by atoms with van der Waals surface area (Å²) in [5.41, 5.74) is 0. The van der Waals surface area contributed by atoms with Gasteiger partial charge in [0.15, 0.2) is 0 Å². The molecule has 3 heterocycles. The second-order valence-corrected chi connectivity index (χ2v) is 6.75. The zero-order valence-electron chi connectivity index (χ0n) is 11.2. The lowest BCUT2D eigenvalue weighted by molar-refractivity contribution is -0.169. The van der Waals surface area contributed by atoms with Crippen LogP contribution in [-0.2, 0) is 4.79 Å². The molecular formula is C15H24N2O. The Labute approximate surface area is 110 Å². The molecule has 100 valence electrons. The molecule has 0 radical (unpaired) electrons. The van der Waals surface area contributed by atoms with E-state index in [2.05, 4.69) is 9.80 Å². The van der Waals surface area contributed by atoms with Gasteiger partial charge in [0.1, 0.15) is 0 Å². The number of amides is 1. The first-order valence-electron chi connectivity index (χ1n) is 7.90. The Morgan fingerprint density at radius 2 is 1.83 bits per heavy atom. The molecule has 0 aromatic carbocycles. The number of carbonyl (C=O) groups excluding carboxylic acids is 1. The fraction of sp³-hybridized carbons (Fsp3) is 0.933. The lowest BCUT2D eigenvalue weighted by Gasteiger charge is -2.59. The van der Waals surface area contributed by atoms with Crippen LogP contribution in [0.1, 0.15) is 51.4 Å². The van der Waals surface area contributed by atoms with Crippen molar-refractivity contribution in [2.75, 3.05) is 13.1 Å². The highest BCUT2D eigenvalue weighted by Gasteiger charge is 2.50. The SMILES string of the molecule is O=C1CC[C@@H]2CCC[C@H]3CN4CCCC[C@@H]4N1[C@H]23. The third kappa shape index (κ3) is 1.56. The Bertz CT molecular complexity index is 356. The van der Waals surface area contributed by atoms with Crippen molar-refractivity contribution >= 4 is 5.91 Å². The van der Waals surface area contributed by atoms with E-state index in [1.54, 1.807) is 0 Å². The van der Waals surface area contributed by atoms with Gasteiger partial charge in [-0.1, -0.05) is 6.42 Å². The molecule has 1 aliphatic carbocycles. The molecule has 4 fully saturated rings. The molecule has 1 saturated carbocycles. The Balaban J connectivity index is 1.68. The van der Waals surface area contributed by atoms with E-state index in [1.165, 1.54) is 58.0 Å². The van der Waals surface area contributed by atoms with E-state index in [0.717, 1.165) is 18.3 Å². The van der Waals surface area contributed by atoms with Gasteiger partial charge in [-0.2, -0.15) is 0 Å². The summed E-state index contributed by atoms with van der Waals surface area (Å²) in [6.45, 7) is 2.50. The van der Waals surface area contributed by atoms with Crippen molar-refractivity contribution in [2.45, 2.75) is 63.6 Å². The number of fused-ring (bicyclic) bond motifs is 2. The Morgan fingerprint density at radius 1 is 0.944 bits per heavy atom. The summed E-state index contributed by atoms with van der Waals surface area (Å²) in [7, 11) is 0. The summed E-state index contributed by atoms with van der Waals surface area (Å²) in [5.74, 6) is 2.06. The maximum atomic E-state index is 12.4. The maximum Gasteiger partial charge on any atom is 0.224 e. The molecule has 0 bridgehead atoms. The lowest BCUT2D eigenvalue weighted by atomic mass is 9.70. The van der Waals surface area contributed by atoms with E-state index in [9.17, 15) is 4.79 Å². The fourth-order valence-electron chi connectivity index (χ4n) is 5.11. The molecular weight excluding hydrogens is 224 g/mol. The van der Waals surface area contributed by atoms with E-state index in [0.29, 0.717) is 18.1 Å². The van der Waals surface area contributed by atoms with Gasteiger partial charge in [-0.05, 0) is 50.4 Å². The van der Waals surface area contributed by atoms with Crippen LogP contribution in [0.3, 0.4) is 0 Å². The molecule has 3 saturated heterocycles. The molecule has 4 aliphatic rings. The first-order chi connectivity index (χ1) is 8.84. The summed E-state index contributed by atoms with van der Waals surface area (Å²) in [4.78, 5) is 17.4. The summed E-state index contributed by atoms with van der Waals surface area (Å²) in [5, 5.41) is 0. The van der Waals surface area contributed by atoms with Crippen LogP contribution in [0.5, 0.6) is 0 Å². The molecule has 0 spiro atoms. The Hall–Kier alpha value is -0.570. The minimum Gasteiger partial charge on any atom is -0.323 e. The third-order valence-electron chi connectivity index (χ3n) is 5.82. The van der Waals surface area contributed by atoms with Gasteiger partial charge in [0.25, 0.3) is 0 Å². The van der Waals surface area contributed by atoms with Crippen molar-refractivity contribution in [3.05, 3.63) is 0 Å². The second kappa shape index (κ2) is 4.22. The molecule has 3 heteroatoms. The van der Waals surface area contributed by atoms with Crippen LogP contribution < -0.4 is 0 Å². The van der Waals surface area contributed by atoms with E-state index in [-0.39, 0.29) is 0 Å². The molecule has 1 amide bonds. The molecule has 4 atom stereocenters. The summed E-state index contributed by atoms with van der Waals surface area (Å²) in [6, 6.07) is 0.611. The lowest BCUT2D eigenvalue weighted by Crippen LogP contribution is -2.68. The van der Waals surface area contributed by atoms with Crippen molar-refractivity contribution in [1.29, 1.82) is 0 Å². The number of carbonyl (C=O) groups is 1. The van der Waals surface area contributed by atoms with E-state index in [4.69, 9.17) is 0 Å². The van der Waals surface area contributed by atoms with Crippen molar-refractivity contribution in [1.82, 2.24) is 9.80 Å². The average molecular weight is 248 g/mol. The van der Waals surface area contributed by atoms with E-state index < -0.39 is 0 Å². The normalized spacial score (nSPS) is 44.4. The van der Waals surface area contributed by atoms with Crippen LogP contribution in [0, 0.1) is 11.8 Å². The van der Waals surface area contributed by atoms with Crippen LogP contribution >= 0.6 is 0 Å². The molecule has 3 aliphatic heterocycles. The number of rotatable bonds is 0. The Kier molecular flexibility index (Phi) is 2.65. The minimum absolute atomic E-state index is 0.458. The zero-order chi connectivity index (χ0) is 12.1. The highest BCUT2D eigenvalue weighted by molar-refractivity contribution is 5.78. The van der Waals surface area contributed by atoms with E-state index >= 15 is 0 Å². The summed E-state index contributed by atoms with van der Waals surface area (Å²) in [6.07, 6.45) is 10.4. The van der Waals surface area contributed by atoms with Gasteiger partial charge in [-0.3, -0.25) is 9.69 Å². The van der Waals surface area contributed by atoms with Gasteiger partial charge in [0.2, 0.25) is 5.91 Å². The van der Waals surface area contributed by atoms with Crippen molar-refractivity contribution in [3.8, 4) is 0 Å². The topological polar surface area (TPSA) is 23.6 Å². The number of hydrogen-bond donors (Lipinski definition) is 0. The molecule has 18 heavy (non-hydrogen) atoms. The van der Waals surface area contributed by atoms with Crippen LogP contribution in [-0.4, -0.2) is 41.0 Å². The van der Waals surface area contributed by atoms with Gasteiger partial charge >= 0.3 is 0 Å². The van der Waals surface area contributed by atoms with Crippen molar-refractivity contribution in [2.24, 2.45) is 11.8 Å². The Morgan fingerprint density at radius 3 is 2.78 bits per heavy atom. The third-order valence-corrected chi connectivity index (χ3v) is 5.82. The molecule has 0 N–H and O–H groups in total.